The van der Waals surface area contributed by atoms with Crippen LogP contribution < -0.4 is 16.6 Å². The fourth-order valence-corrected chi connectivity index (χ4v) is 0.835. The van der Waals surface area contributed by atoms with Gasteiger partial charge in [0, 0.05) is 10.7 Å². The van der Waals surface area contributed by atoms with E-state index in [1.807, 2.05) is 6.07 Å². The number of hydrogen-bond donors (Lipinski definition) is 3. The zero-order chi connectivity index (χ0) is 10.4. The number of nitrogens with zero attached hydrogens (tertiary/aromatic N) is 2. The summed E-state index contributed by atoms with van der Waals surface area (Å²) in [6.45, 7) is 0. The summed E-state index contributed by atoms with van der Waals surface area (Å²) in [5, 5.41) is 14.7. The topological polar surface area (TPSA) is 102 Å². The molecule has 0 aliphatic rings. The van der Waals surface area contributed by atoms with E-state index in [0.717, 1.165) is 5.56 Å². The van der Waals surface area contributed by atoms with Crippen molar-refractivity contribution in [1.82, 2.24) is 0 Å². The molecule has 5 nitrogen and oxygen atoms in total. The van der Waals surface area contributed by atoms with Gasteiger partial charge in [-0.3, -0.25) is 0 Å². The monoisotopic (exact) mass is 188 g/mol. The Hall–Kier alpha value is -2.35. The third-order valence-electron chi connectivity index (χ3n) is 1.46. The number of hydrogen-bond acceptors (Lipinski definition) is 2. The van der Waals surface area contributed by atoms with Gasteiger partial charge in [-0.1, -0.05) is 0 Å². The molecule has 0 radical (unpaired) electrons. The van der Waals surface area contributed by atoms with Crippen molar-refractivity contribution in [3.05, 3.63) is 35.4 Å². The van der Waals surface area contributed by atoms with Gasteiger partial charge in [0.2, 0.25) is 6.21 Å². The van der Waals surface area contributed by atoms with Gasteiger partial charge in [0.25, 0.3) is 5.96 Å². The zero-order valence-corrected chi connectivity index (χ0v) is 7.44. The molecule has 70 valence electrons. The highest BCUT2D eigenvalue weighted by Gasteiger charge is 1.92. The predicted molar refractivity (Wildman–Crippen MR) is 53.1 cm³/mol. The van der Waals surface area contributed by atoms with Gasteiger partial charge in [0.15, 0.2) is 0 Å². The molecule has 0 aliphatic heterocycles. The van der Waals surface area contributed by atoms with Crippen molar-refractivity contribution in [3.8, 4) is 6.07 Å². The predicted octanol–water partition coefficient (Wildman–Crippen LogP) is -1.75. The summed E-state index contributed by atoms with van der Waals surface area (Å²) in [4.78, 5) is 0. The summed E-state index contributed by atoms with van der Waals surface area (Å²) in [6.07, 6.45) is 1.63. The van der Waals surface area contributed by atoms with Crippen molar-refractivity contribution in [3.63, 3.8) is 0 Å². The maximum atomic E-state index is 8.55. The van der Waals surface area contributed by atoms with Gasteiger partial charge >= 0.3 is 0 Å². The number of guanidine groups is 1. The van der Waals surface area contributed by atoms with Crippen molar-refractivity contribution in [1.29, 1.82) is 5.26 Å². The quantitative estimate of drug-likeness (QED) is 0.291. The van der Waals surface area contributed by atoms with Gasteiger partial charge < -0.3 is 11.5 Å². The van der Waals surface area contributed by atoms with Crippen LogP contribution in [0.25, 0.3) is 0 Å². The number of nitrogens with one attached hydrogen (secondary N) is 1. The van der Waals surface area contributed by atoms with Crippen molar-refractivity contribution < 1.29 is 5.10 Å². The van der Waals surface area contributed by atoms with Crippen LogP contribution in [0.4, 0.5) is 0 Å². The lowest BCUT2D eigenvalue weighted by molar-refractivity contribution is -0.456. The molecule has 5 N–H and O–H groups in total. The zero-order valence-electron chi connectivity index (χ0n) is 7.44. The lowest BCUT2D eigenvalue weighted by atomic mass is 10.2. The lowest BCUT2D eigenvalue weighted by Gasteiger charge is -1.87. The molecule has 0 saturated heterocycles. The Morgan fingerprint density at radius 1 is 1.36 bits per heavy atom. The van der Waals surface area contributed by atoms with E-state index in [1.165, 1.54) is 0 Å². The van der Waals surface area contributed by atoms with Crippen molar-refractivity contribution in [2.24, 2.45) is 16.6 Å². The summed E-state index contributed by atoms with van der Waals surface area (Å²) in [5.41, 5.74) is 11.7. The summed E-state index contributed by atoms with van der Waals surface area (Å²) in [6, 6.07) is 9.02. The van der Waals surface area contributed by atoms with Crippen LogP contribution in [0.5, 0.6) is 0 Å². The normalized spacial score (nSPS) is 9.64. The summed E-state index contributed by atoms with van der Waals surface area (Å²) < 4.78 is 0. The molecule has 0 bridgehead atoms. The highest BCUT2D eigenvalue weighted by Crippen LogP contribution is 1.98. The van der Waals surface area contributed by atoms with Crippen LogP contribution in [0.1, 0.15) is 11.1 Å². The van der Waals surface area contributed by atoms with Gasteiger partial charge in [0.1, 0.15) is 0 Å². The van der Waals surface area contributed by atoms with E-state index in [-0.39, 0.29) is 5.96 Å². The molecule has 1 aromatic rings. The second-order valence-corrected chi connectivity index (χ2v) is 2.54. The first-order valence-corrected chi connectivity index (χ1v) is 3.90. The molecule has 0 spiro atoms. The Balaban J connectivity index is 2.75. The van der Waals surface area contributed by atoms with E-state index in [2.05, 4.69) is 10.2 Å². The highest BCUT2D eigenvalue weighted by molar-refractivity contribution is 5.77. The minimum absolute atomic E-state index is 0.0325. The van der Waals surface area contributed by atoms with Crippen LogP contribution in [-0.2, 0) is 0 Å². The molecule has 14 heavy (non-hydrogen) atoms. The van der Waals surface area contributed by atoms with Crippen LogP contribution in [0.15, 0.2) is 29.4 Å². The minimum atomic E-state index is -0.0325. The Kier molecular flexibility index (Phi) is 3.21. The van der Waals surface area contributed by atoms with Gasteiger partial charge in [-0.05, 0) is 24.3 Å². The first-order valence-electron chi connectivity index (χ1n) is 3.90. The van der Waals surface area contributed by atoms with Crippen LogP contribution in [0, 0.1) is 11.3 Å². The fourth-order valence-electron chi connectivity index (χ4n) is 0.835. The number of benzene rings is 1. The van der Waals surface area contributed by atoms with E-state index in [9.17, 15) is 0 Å². The highest BCUT2D eigenvalue weighted by atomic mass is 15.3. The Morgan fingerprint density at radius 3 is 2.50 bits per heavy atom. The van der Waals surface area contributed by atoms with Gasteiger partial charge in [-0.15, -0.1) is 5.10 Å². The molecule has 0 fully saturated rings. The molecule has 0 aliphatic carbocycles. The SMILES string of the molecule is N#Cc1ccc(/C=[NH+]/N=C(N)N)cc1. The molecule has 0 aromatic heterocycles. The minimum Gasteiger partial charge on any atom is -0.365 e. The van der Waals surface area contributed by atoms with Crippen LogP contribution in [-0.4, -0.2) is 12.2 Å². The number of rotatable bonds is 2. The Morgan fingerprint density at radius 2 is 2.00 bits per heavy atom. The second kappa shape index (κ2) is 4.62. The molecule has 0 atom stereocenters. The molecule has 1 aromatic carbocycles. The third kappa shape index (κ3) is 2.95. The number of nitriles is 1. The standard InChI is InChI=1S/C9H9N5/c10-5-7-1-3-8(4-2-7)6-13-14-9(11)12/h1-4,6H,(H4,11,12,14)/p+1/b13-6+. The molecule has 1 rings (SSSR count). The van der Waals surface area contributed by atoms with Crippen molar-refractivity contribution in [2.45, 2.75) is 0 Å². The third-order valence-corrected chi connectivity index (χ3v) is 1.46. The van der Waals surface area contributed by atoms with Crippen molar-refractivity contribution in [2.75, 3.05) is 0 Å². The fraction of sp³-hybridized carbons (Fsp3) is 0. The number of hydrazone groups is 1. The molecule has 0 amide bonds. The lowest BCUT2D eigenvalue weighted by Crippen LogP contribution is -2.63. The summed E-state index contributed by atoms with van der Waals surface area (Å²) in [7, 11) is 0. The largest absolute Gasteiger partial charge is 0.365 e. The maximum Gasteiger partial charge on any atom is 0.256 e. The van der Waals surface area contributed by atoms with E-state index in [1.54, 1.807) is 30.5 Å². The van der Waals surface area contributed by atoms with Crippen LogP contribution >= 0.6 is 0 Å². The van der Waals surface area contributed by atoms with Gasteiger partial charge in [0.05, 0.1) is 11.6 Å². The smallest absolute Gasteiger partial charge is 0.256 e. The molecule has 0 heterocycles. The molecule has 0 unspecified atom stereocenters. The summed E-state index contributed by atoms with van der Waals surface area (Å²) in [5.74, 6) is -0.0325. The average Bonchev–Trinajstić information content (AvgIpc) is 2.18. The summed E-state index contributed by atoms with van der Waals surface area (Å²) >= 11 is 0. The molecular weight excluding hydrogens is 178 g/mol. The van der Waals surface area contributed by atoms with Gasteiger partial charge in [-0.2, -0.15) is 5.26 Å². The first-order chi connectivity index (χ1) is 6.72. The average molecular weight is 188 g/mol. The Bertz CT molecular complexity index is 392. The number of nitrogens with two attached hydrogens (primary N) is 2. The van der Waals surface area contributed by atoms with E-state index < -0.39 is 0 Å². The second-order valence-electron chi connectivity index (χ2n) is 2.54. The Labute approximate surface area is 81.4 Å². The van der Waals surface area contributed by atoms with Gasteiger partial charge in [-0.25, -0.2) is 0 Å². The van der Waals surface area contributed by atoms with Crippen LogP contribution in [0.2, 0.25) is 0 Å². The van der Waals surface area contributed by atoms with E-state index in [4.69, 9.17) is 16.7 Å². The van der Waals surface area contributed by atoms with Crippen LogP contribution in [0.3, 0.4) is 0 Å². The molecule has 0 saturated carbocycles. The van der Waals surface area contributed by atoms with Crippen molar-refractivity contribution >= 4 is 12.2 Å². The van der Waals surface area contributed by atoms with E-state index in [0.29, 0.717) is 5.56 Å². The molecular formula is C9H10N5+. The van der Waals surface area contributed by atoms with E-state index >= 15 is 0 Å². The molecule has 5 heteroatoms. The first kappa shape index (κ1) is 9.74. The maximum absolute atomic E-state index is 8.55.